The molecule has 14 heavy (non-hydrogen) atoms. The highest BCUT2D eigenvalue weighted by molar-refractivity contribution is 9.09. The second-order valence-corrected chi connectivity index (χ2v) is 4.62. The van der Waals surface area contributed by atoms with Gasteiger partial charge in [0.25, 0.3) is 0 Å². The molecule has 1 rings (SSSR count). The van der Waals surface area contributed by atoms with Crippen LogP contribution in [0.1, 0.15) is 43.0 Å². The molecule has 1 atom stereocenters. The Hall–Kier alpha value is -0.370. The normalized spacial score (nSPS) is 12.8. The Bertz CT molecular complexity index is 256. The first kappa shape index (κ1) is 11.7. The zero-order chi connectivity index (χ0) is 10.4. The summed E-state index contributed by atoms with van der Waals surface area (Å²) in [5, 5.41) is 0. The third-order valence-corrected chi connectivity index (χ3v) is 3.28. The zero-order valence-electron chi connectivity index (χ0n) is 8.47. The Morgan fingerprint density at radius 1 is 1.21 bits per heavy atom. The van der Waals surface area contributed by atoms with Gasteiger partial charge in [-0.05, 0) is 24.1 Å². The lowest BCUT2D eigenvalue weighted by Gasteiger charge is -2.09. The molecular formula is C12H16BrF. The Morgan fingerprint density at radius 3 is 2.43 bits per heavy atom. The SMILES string of the molecule is CCCCCC(Br)c1ccc(F)cc1. The summed E-state index contributed by atoms with van der Waals surface area (Å²) in [5.74, 6) is -0.165. The molecule has 2 heteroatoms. The zero-order valence-corrected chi connectivity index (χ0v) is 10.1. The third-order valence-electron chi connectivity index (χ3n) is 2.29. The van der Waals surface area contributed by atoms with E-state index in [2.05, 4.69) is 22.9 Å². The van der Waals surface area contributed by atoms with E-state index in [9.17, 15) is 4.39 Å². The van der Waals surface area contributed by atoms with Gasteiger partial charge in [0.05, 0.1) is 0 Å². The Morgan fingerprint density at radius 2 is 1.86 bits per heavy atom. The molecule has 0 saturated carbocycles. The summed E-state index contributed by atoms with van der Waals surface area (Å²) in [6.07, 6.45) is 4.86. The predicted molar refractivity (Wildman–Crippen MR) is 62.2 cm³/mol. The summed E-state index contributed by atoms with van der Waals surface area (Å²) in [5.41, 5.74) is 1.17. The number of benzene rings is 1. The van der Waals surface area contributed by atoms with Crippen molar-refractivity contribution in [2.75, 3.05) is 0 Å². The van der Waals surface area contributed by atoms with Crippen LogP contribution in [0, 0.1) is 5.82 Å². The Balaban J connectivity index is 2.43. The van der Waals surface area contributed by atoms with E-state index in [1.54, 1.807) is 0 Å². The molecule has 0 amide bonds. The summed E-state index contributed by atoms with van der Waals surface area (Å²) in [7, 11) is 0. The molecule has 78 valence electrons. The van der Waals surface area contributed by atoms with Gasteiger partial charge in [-0.1, -0.05) is 54.2 Å². The minimum absolute atomic E-state index is 0.165. The van der Waals surface area contributed by atoms with Crippen LogP contribution in [0.15, 0.2) is 24.3 Å². The van der Waals surface area contributed by atoms with Crippen molar-refractivity contribution in [1.82, 2.24) is 0 Å². The van der Waals surface area contributed by atoms with Gasteiger partial charge in [0.1, 0.15) is 5.82 Å². The van der Waals surface area contributed by atoms with E-state index in [0.29, 0.717) is 4.83 Å². The van der Waals surface area contributed by atoms with Gasteiger partial charge in [-0.2, -0.15) is 0 Å². The van der Waals surface area contributed by atoms with Crippen molar-refractivity contribution in [3.8, 4) is 0 Å². The van der Waals surface area contributed by atoms with Gasteiger partial charge in [0.2, 0.25) is 0 Å². The van der Waals surface area contributed by atoms with Crippen LogP contribution in [-0.2, 0) is 0 Å². The summed E-state index contributed by atoms with van der Waals surface area (Å²) in [6.45, 7) is 2.20. The second kappa shape index (κ2) is 6.18. The van der Waals surface area contributed by atoms with Crippen LogP contribution in [0.25, 0.3) is 0 Å². The molecule has 0 nitrogen and oxygen atoms in total. The van der Waals surface area contributed by atoms with E-state index in [0.717, 1.165) is 6.42 Å². The first-order valence-corrected chi connectivity index (χ1v) is 6.05. The van der Waals surface area contributed by atoms with Crippen LogP contribution in [-0.4, -0.2) is 0 Å². The second-order valence-electron chi connectivity index (χ2n) is 3.51. The molecule has 0 bridgehead atoms. The van der Waals surface area contributed by atoms with Gasteiger partial charge in [0.15, 0.2) is 0 Å². The molecule has 0 aliphatic heterocycles. The number of rotatable bonds is 5. The highest BCUT2D eigenvalue weighted by atomic mass is 79.9. The Kier molecular flexibility index (Phi) is 5.16. The van der Waals surface area contributed by atoms with Crippen molar-refractivity contribution in [3.63, 3.8) is 0 Å². The summed E-state index contributed by atoms with van der Waals surface area (Å²) in [4.78, 5) is 0.370. The third kappa shape index (κ3) is 3.79. The molecule has 0 fully saturated rings. The molecule has 0 saturated heterocycles. The number of unbranched alkanes of at least 4 members (excludes halogenated alkanes) is 2. The van der Waals surface area contributed by atoms with E-state index >= 15 is 0 Å². The minimum atomic E-state index is -0.165. The van der Waals surface area contributed by atoms with Crippen molar-refractivity contribution in [1.29, 1.82) is 0 Å². The maximum absolute atomic E-state index is 12.6. The maximum atomic E-state index is 12.6. The van der Waals surface area contributed by atoms with Gasteiger partial charge in [-0.15, -0.1) is 0 Å². The fourth-order valence-electron chi connectivity index (χ4n) is 1.41. The van der Waals surface area contributed by atoms with Gasteiger partial charge >= 0.3 is 0 Å². The summed E-state index contributed by atoms with van der Waals surface area (Å²) < 4.78 is 12.6. The fraction of sp³-hybridized carbons (Fsp3) is 0.500. The van der Waals surface area contributed by atoms with Crippen molar-refractivity contribution in [2.24, 2.45) is 0 Å². The van der Waals surface area contributed by atoms with Gasteiger partial charge < -0.3 is 0 Å². The smallest absolute Gasteiger partial charge is 0.123 e. The average molecular weight is 259 g/mol. The van der Waals surface area contributed by atoms with Gasteiger partial charge in [-0.3, -0.25) is 0 Å². The van der Waals surface area contributed by atoms with Crippen LogP contribution < -0.4 is 0 Å². The average Bonchev–Trinajstić information content (AvgIpc) is 2.19. The van der Waals surface area contributed by atoms with Crippen molar-refractivity contribution in [2.45, 2.75) is 37.4 Å². The topological polar surface area (TPSA) is 0 Å². The predicted octanol–water partition coefficient (Wildman–Crippen LogP) is 4.84. The lowest BCUT2D eigenvalue weighted by atomic mass is 10.1. The molecule has 1 aromatic carbocycles. The molecule has 1 unspecified atom stereocenters. The van der Waals surface area contributed by atoms with Gasteiger partial charge in [-0.25, -0.2) is 4.39 Å². The van der Waals surface area contributed by atoms with E-state index in [4.69, 9.17) is 0 Å². The van der Waals surface area contributed by atoms with Crippen molar-refractivity contribution < 1.29 is 4.39 Å². The highest BCUT2D eigenvalue weighted by Crippen LogP contribution is 2.28. The molecule has 0 heterocycles. The maximum Gasteiger partial charge on any atom is 0.123 e. The molecule has 0 aliphatic carbocycles. The fourth-order valence-corrected chi connectivity index (χ4v) is 2.04. The van der Waals surface area contributed by atoms with Gasteiger partial charge in [0, 0.05) is 4.83 Å². The molecular weight excluding hydrogens is 243 g/mol. The van der Waals surface area contributed by atoms with E-state index in [1.807, 2.05) is 12.1 Å². The monoisotopic (exact) mass is 258 g/mol. The van der Waals surface area contributed by atoms with E-state index in [-0.39, 0.29) is 5.82 Å². The molecule has 0 N–H and O–H groups in total. The quantitative estimate of drug-likeness (QED) is 0.524. The summed E-state index contributed by atoms with van der Waals surface area (Å²) in [6, 6.07) is 6.73. The molecule has 0 spiro atoms. The lowest BCUT2D eigenvalue weighted by molar-refractivity contribution is 0.625. The van der Waals surface area contributed by atoms with E-state index in [1.165, 1.54) is 37.0 Å². The van der Waals surface area contributed by atoms with Crippen LogP contribution in [0.4, 0.5) is 4.39 Å². The first-order valence-electron chi connectivity index (χ1n) is 5.13. The first-order chi connectivity index (χ1) is 6.74. The molecule has 0 aromatic heterocycles. The lowest BCUT2D eigenvalue weighted by Crippen LogP contribution is -1.90. The molecule has 0 radical (unpaired) electrons. The molecule has 1 aromatic rings. The van der Waals surface area contributed by atoms with E-state index < -0.39 is 0 Å². The standard InChI is InChI=1S/C12H16BrF/c1-2-3-4-5-12(13)10-6-8-11(14)9-7-10/h6-9,12H,2-5H2,1H3. The number of hydrogen-bond donors (Lipinski definition) is 0. The van der Waals surface area contributed by atoms with Crippen LogP contribution >= 0.6 is 15.9 Å². The minimum Gasteiger partial charge on any atom is -0.207 e. The highest BCUT2D eigenvalue weighted by Gasteiger charge is 2.06. The van der Waals surface area contributed by atoms with Crippen LogP contribution in [0.5, 0.6) is 0 Å². The van der Waals surface area contributed by atoms with Crippen LogP contribution in [0.2, 0.25) is 0 Å². The number of hydrogen-bond acceptors (Lipinski definition) is 0. The van der Waals surface area contributed by atoms with Crippen LogP contribution in [0.3, 0.4) is 0 Å². The van der Waals surface area contributed by atoms with Crippen molar-refractivity contribution in [3.05, 3.63) is 35.6 Å². The Labute approximate surface area is 93.7 Å². The summed E-state index contributed by atoms with van der Waals surface area (Å²) >= 11 is 3.62. The number of halogens is 2. The molecule has 0 aliphatic rings. The largest absolute Gasteiger partial charge is 0.207 e. The van der Waals surface area contributed by atoms with Crippen molar-refractivity contribution >= 4 is 15.9 Å². The number of alkyl halides is 1.